The van der Waals surface area contributed by atoms with Crippen LogP contribution in [0.5, 0.6) is 5.88 Å². The minimum absolute atomic E-state index is 0.324. The van der Waals surface area contributed by atoms with Gasteiger partial charge in [0.05, 0.1) is 11.2 Å². The summed E-state index contributed by atoms with van der Waals surface area (Å²) >= 11 is 0. The summed E-state index contributed by atoms with van der Waals surface area (Å²) in [5.74, 6) is 1.46. The highest BCUT2D eigenvalue weighted by Crippen LogP contribution is 2.36. The highest BCUT2D eigenvalue weighted by molar-refractivity contribution is 6.62. The maximum Gasteiger partial charge on any atom is 0.496 e. The maximum absolute atomic E-state index is 6.01. The number of aromatic nitrogens is 1. The van der Waals surface area contributed by atoms with Gasteiger partial charge in [-0.25, -0.2) is 4.98 Å². The van der Waals surface area contributed by atoms with Crippen LogP contribution in [0.1, 0.15) is 47.5 Å². The third-order valence-corrected chi connectivity index (χ3v) is 4.90. The SMILES string of the molecule is CC1CC(Oc2ccc(B3OC(C)(C)C(C)(C)O3)cn2)C1. The molecule has 114 valence electrons. The molecule has 1 saturated carbocycles. The molecule has 0 unspecified atom stereocenters. The molecule has 1 aliphatic heterocycles. The van der Waals surface area contributed by atoms with Gasteiger partial charge in [-0.2, -0.15) is 0 Å². The van der Waals surface area contributed by atoms with Crippen molar-refractivity contribution in [2.45, 2.75) is 64.8 Å². The van der Waals surface area contributed by atoms with Gasteiger partial charge in [0.2, 0.25) is 5.88 Å². The van der Waals surface area contributed by atoms with E-state index >= 15 is 0 Å². The van der Waals surface area contributed by atoms with Crippen molar-refractivity contribution < 1.29 is 14.0 Å². The predicted octanol–water partition coefficient (Wildman–Crippen LogP) is 2.56. The summed E-state index contributed by atoms with van der Waals surface area (Å²) in [6.07, 6.45) is 4.37. The van der Waals surface area contributed by atoms with Crippen molar-refractivity contribution in [3.05, 3.63) is 18.3 Å². The Balaban J connectivity index is 1.65. The Morgan fingerprint density at radius 2 is 1.76 bits per heavy atom. The Morgan fingerprint density at radius 1 is 1.14 bits per heavy atom. The monoisotopic (exact) mass is 289 g/mol. The lowest BCUT2D eigenvalue weighted by molar-refractivity contribution is 0.00578. The van der Waals surface area contributed by atoms with Gasteiger partial charge in [0.1, 0.15) is 6.10 Å². The van der Waals surface area contributed by atoms with Crippen LogP contribution in [-0.2, 0) is 9.31 Å². The molecule has 3 rings (SSSR count). The molecule has 4 nitrogen and oxygen atoms in total. The largest absolute Gasteiger partial charge is 0.496 e. The summed E-state index contributed by atoms with van der Waals surface area (Å²) in [7, 11) is -0.361. The topological polar surface area (TPSA) is 40.6 Å². The second-order valence-electron chi connectivity index (χ2n) is 7.33. The molecule has 0 aromatic carbocycles. The van der Waals surface area contributed by atoms with Crippen LogP contribution in [0, 0.1) is 5.92 Å². The first kappa shape index (κ1) is 14.9. The Kier molecular flexibility index (Phi) is 3.53. The van der Waals surface area contributed by atoms with Crippen molar-refractivity contribution in [3.8, 4) is 5.88 Å². The van der Waals surface area contributed by atoms with Crippen molar-refractivity contribution >= 4 is 12.6 Å². The molecule has 2 fully saturated rings. The lowest BCUT2D eigenvalue weighted by Gasteiger charge is -2.32. The molecule has 0 spiro atoms. The van der Waals surface area contributed by atoms with Crippen molar-refractivity contribution in [3.63, 3.8) is 0 Å². The van der Waals surface area contributed by atoms with E-state index in [9.17, 15) is 0 Å². The number of rotatable bonds is 3. The quantitative estimate of drug-likeness (QED) is 0.802. The molecule has 1 aliphatic carbocycles. The zero-order chi connectivity index (χ0) is 15.3. The fourth-order valence-electron chi connectivity index (χ4n) is 2.68. The number of ether oxygens (including phenoxy) is 1. The molecule has 2 aliphatic rings. The Hall–Kier alpha value is -1.07. The van der Waals surface area contributed by atoms with Gasteiger partial charge < -0.3 is 14.0 Å². The van der Waals surface area contributed by atoms with Gasteiger partial charge in [-0.05, 0) is 52.5 Å². The van der Waals surface area contributed by atoms with Crippen molar-refractivity contribution in [2.75, 3.05) is 0 Å². The molecular formula is C16H24BNO3. The van der Waals surface area contributed by atoms with Crippen LogP contribution in [0.15, 0.2) is 18.3 Å². The maximum atomic E-state index is 6.01. The second kappa shape index (κ2) is 4.99. The van der Waals surface area contributed by atoms with Crippen LogP contribution >= 0.6 is 0 Å². The third kappa shape index (κ3) is 2.81. The summed E-state index contributed by atoms with van der Waals surface area (Å²) < 4.78 is 17.9. The Bertz CT molecular complexity index is 493. The number of pyridine rings is 1. The van der Waals surface area contributed by atoms with E-state index in [0.29, 0.717) is 12.0 Å². The minimum atomic E-state index is -0.361. The van der Waals surface area contributed by atoms with Crippen LogP contribution in [0.3, 0.4) is 0 Å². The number of nitrogens with zero attached hydrogens (tertiary/aromatic N) is 1. The normalized spacial score (nSPS) is 30.0. The molecule has 1 aromatic heterocycles. The number of hydrogen-bond acceptors (Lipinski definition) is 4. The van der Waals surface area contributed by atoms with Crippen LogP contribution in [-0.4, -0.2) is 29.4 Å². The van der Waals surface area contributed by atoms with Gasteiger partial charge in [0.15, 0.2) is 0 Å². The minimum Gasteiger partial charge on any atom is -0.474 e. The van der Waals surface area contributed by atoms with Crippen molar-refractivity contribution in [2.24, 2.45) is 5.92 Å². The van der Waals surface area contributed by atoms with Gasteiger partial charge in [-0.1, -0.05) is 13.0 Å². The molecule has 1 aromatic rings. The van der Waals surface area contributed by atoms with Crippen LogP contribution in [0.4, 0.5) is 0 Å². The molecule has 2 heterocycles. The van der Waals surface area contributed by atoms with E-state index in [1.165, 1.54) is 0 Å². The molecule has 5 heteroatoms. The average molecular weight is 289 g/mol. The molecule has 0 N–H and O–H groups in total. The molecule has 1 saturated heterocycles. The zero-order valence-electron chi connectivity index (χ0n) is 13.6. The molecule has 0 atom stereocenters. The van der Waals surface area contributed by atoms with Gasteiger partial charge in [-0.3, -0.25) is 0 Å². The summed E-state index contributed by atoms with van der Waals surface area (Å²) in [5, 5.41) is 0. The van der Waals surface area contributed by atoms with Gasteiger partial charge in [-0.15, -0.1) is 0 Å². The Morgan fingerprint density at radius 3 is 2.24 bits per heavy atom. The highest BCUT2D eigenvalue weighted by Gasteiger charge is 2.51. The van der Waals surface area contributed by atoms with Crippen LogP contribution in [0.25, 0.3) is 0 Å². The molecule has 0 radical (unpaired) electrons. The lowest BCUT2D eigenvalue weighted by atomic mass is 9.80. The van der Waals surface area contributed by atoms with E-state index in [-0.39, 0.29) is 18.3 Å². The summed E-state index contributed by atoms with van der Waals surface area (Å²) in [5.41, 5.74) is 0.284. The first-order valence-electron chi connectivity index (χ1n) is 7.75. The first-order chi connectivity index (χ1) is 9.77. The van der Waals surface area contributed by atoms with Crippen molar-refractivity contribution in [1.29, 1.82) is 0 Å². The van der Waals surface area contributed by atoms with E-state index in [1.807, 2.05) is 12.1 Å². The summed E-state index contributed by atoms with van der Waals surface area (Å²) in [6, 6.07) is 3.88. The second-order valence-corrected chi connectivity index (χ2v) is 7.33. The fraction of sp³-hybridized carbons (Fsp3) is 0.688. The molecule has 0 bridgehead atoms. The van der Waals surface area contributed by atoms with E-state index < -0.39 is 0 Å². The molecular weight excluding hydrogens is 265 g/mol. The zero-order valence-corrected chi connectivity index (χ0v) is 13.6. The van der Waals surface area contributed by atoms with E-state index in [2.05, 4.69) is 39.6 Å². The highest BCUT2D eigenvalue weighted by atomic mass is 16.7. The van der Waals surface area contributed by atoms with Crippen LogP contribution in [0.2, 0.25) is 0 Å². The van der Waals surface area contributed by atoms with Gasteiger partial charge in [0.25, 0.3) is 0 Å². The van der Waals surface area contributed by atoms with Gasteiger partial charge >= 0.3 is 7.12 Å². The molecule has 0 amide bonds. The summed E-state index contributed by atoms with van der Waals surface area (Å²) in [6.45, 7) is 10.4. The fourth-order valence-corrected chi connectivity index (χ4v) is 2.68. The van der Waals surface area contributed by atoms with Crippen molar-refractivity contribution in [1.82, 2.24) is 4.98 Å². The van der Waals surface area contributed by atoms with E-state index in [0.717, 1.165) is 24.2 Å². The average Bonchev–Trinajstić information content (AvgIpc) is 2.57. The van der Waals surface area contributed by atoms with Crippen LogP contribution < -0.4 is 10.2 Å². The standard InChI is InChI=1S/C16H24BNO3/c1-11-8-13(9-11)19-14-7-6-12(10-18-14)17-20-15(2,3)16(4,5)21-17/h6-7,10-11,13H,8-9H2,1-5H3. The van der Waals surface area contributed by atoms with E-state index in [4.69, 9.17) is 14.0 Å². The predicted molar refractivity (Wildman–Crippen MR) is 82.8 cm³/mol. The smallest absolute Gasteiger partial charge is 0.474 e. The third-order valence-electron chi connectivity index (χ3n) is 4.90. The first-order valence-corrected chi connectivity index (χ1v) is 7.75. The summed E-state index contributed by atoms with van der Waals surface area (Å²) in [4.78, 5) is 4.38. The lowest BCUT2D eigenvalue weighted by Crippen LogP contribution is -2.41. The van der Waals surface area contributed by atoms with E-state index in [1.54, 1.807) is 6.20 Å². The Labute approximate surface area is 127 Å². The van der Waals surface area contributed by atoms with Gasteiger partial charge in [0, 0.05) is 11.7 Å². The molecule has 21 heavy (non-hydrogen) atoms. The number of hydrogen-bond donors (Lipinski definition) is 0.